The van der Waals surface area contributed by atoms with Gasteiger partial charge in [0.2, 0.25) is 0 Å². The molecule has 0 bridgehead atoms. The molecule has 0 rings (SSSR count). The fraction of sp³-hybridized carbons (Fsp3) is 0. The van der Waals surface area contributed by atoms with E-state index in [1.54, 1.807) is 0 Å². The second kappa shape index (κ2) is 81.9. The average Bonchev–Trinajstić information content (AvgIpc) is 0.918. The number of nitrogens with zero attached hydrogens (tertiary/aromatic N) is 1. The van der Waals surface area contributed by atoms with Crippen molar-refractivity contribution in [3.63, 3.8) is 0 Å². The zero-order valence-corrected chi connectivity index (χ0v) is 4.55. The van der Waals surface area contributed by atoms with Crippen LogP contribution in [0.2, 0.25) is 0 Å². The predicted molar refractivity (Wildman–Crippen MR) is 19.2 cm³/mol. The van der Waals surface area contributed by atoms with Gasteiger partial charge in [0.25, 0.3) is 0 Å². The molecule has 0 spiro atoms. The van der Waals surface area contributed by atoms with Gasteiger partial charge in [0.05, 0.1) is 0 Å². The first-order valence-electron chi connectivity index (χ1n) is 0.365. The summed E-state index contributed by atoms with van der Waals surface area (Å²) in [5, 5.41) is 9.00. The fourth-order valence-electron chi connectivity index (χ4n) is 0. The molecular weight excluding hydrogens is 180 g/mol. The molecule has 0 heterocycles. The van der Waals surface area contributed by atoms with E-state index in [4.69, 9.17) is 10.1 Å². The molecule has 0 atom stereocenters. The van der Waals surface area contributed by atoms with Crippen molar-refractivity contribution in [3.05, 3.63) is 10.1 Å². The van der Waals surface area contributed by atoms with Crippen LogP contribution in [-0.4, -0.2) is 0 Å². The third-order valence-corrected chi connectivity index (χ3v) is 0. The van der Waals surface area contributed by atoms with Gasteiger partial charge in [0, 0.05) is 0 Å². The fourth-order valence-corrected chi connectivity index (χ4v) is 0. The van der Waals surface area contributed by atoms with Crippen molar-refractivity contribution in [2.24, 2.45) is 5.34 Å². The van der Waals surface area contributed by atoms with E-state index in [1.165, 1.54) is 0 Å². The Morgan fingerprint density at radius 2 is 1.33 bits per heavy atom. The van der Waals surface area contributed by atoms with E-state index >= 15 is 0 Å². The second-order valence-electron chi connectivity index (χ2n) is 0.0745. The third-order valence-electron chi connectivity index (χ3n) is 0. The Labute approximate surface area is 48.9 Å². The summed E-state index contributed by atoms with van der Waals surface area (Å²) in [6.07, 6.45) is 0. The van der Waals surface area contributed by atoms with Crippen LogP contribution in [0.5, 0.6) is 0 Å². The van der Waals surface area contributed by atoms with Gasteiger partial charge in [-0.25, -0.2) is 0 Å². The van der Waals surface area contributed by atoms with Gasteiger partial charge >= 0.3 is 20.4 Å². The Morgan fingerprint density at radius 3 is 1.33 bits per heavy atom. The van der Waals surface area contributed by atoms with E-state index in [2.05, 4.69) is 0 Å². The summed E-state index contributed by atoms with van der Waals surface area (Å²) < 4.78 is 0. The molecule has 6 N–H and O–H groups in total. The van der Waals surface area contributed by atoms with E-state index in [0.717, 1.165) is 5.34 Å². The molecule has 0 radical (unpaired) electrons. The van der Waals surface area contributed by atoms with Gasteiger partial charge < -0.3 is 22.4 Å². The summed E-state index contributed by atoms with van der Waals surface area (Å²) >= 11 is 0. The Hall–Kier alpha value is -0.0177. The van der Waals surface area contributed by atoms with E-state index in [1.807, 2.05) is 0 Å². The molecular formula is H6N3O2Pd+. The van der Waals surface area contributed by atoms with Crippen LogP contribution in [0.3, 0.4) is 0 Å². The summed E-state index contributed by atoms with van der Waals surface area (Å²) in [5.41, 5.74) is 0. The summed E-state index contributed by atoms with van der Waals surface area (Å²) in [5.74, 6) is 0. The first-order chi connectivity index (χ1) is 1.41. The van der Waals surface area contributed by atoms with Crippen molar-refractivity contribution in [2.75, 3.05) is 0 Å². The van der Waals surface area contributed by atoms with Crippen molar-refractivity contribution in [2.45, 2.75) is 0 Å². The largest absolute Gasteiger partial charge is 2.00 e. The summed E-state index contributed by atoms with van der Waals surface area (Å²) in [4.78, 5) is 8.00. The molecule has 0 unspecified atom stereocenters. The number of rotatable bonds is 0. The van der Waals surface area contributed by atoms with Crippen LogP contribution in [0.25, 0.3) is 0 Å². The Morgan fingerprint density at radius 1 is 1.33 bits per heavy atom. The first-order valence-corrected chi connectivity index (χ1v) is 0.365. The molecule has 6 heteroatoms. The van der Waals surface area contributed by atoms with Crippen molar-refractivity contribution in [1.29, 1.82) is 0 Å². The van der Waals surface area contributed by atoms with Crippen molar-refractivity contribution >= 4 is 0 Å². The molecule has 42 valence electrons. The normalized spacial score (nSPS) is 2.00. The molecule has 0 aromatic rings. The predicted octanol–water partition coefficient (Wildman–Crippen LogP) is 0.572. The molecule has 6 heavy (non-hydrogen) atoms. The Bertz CT molecular complexity index is 16.3. The van der Waals surface area contributed by atoms with Gasteiger partial charge in [-0.3, -0.25) is 0 Å². The maximum absolute atomic E-state index is 8.00. The SMILES string of the molecule is N.N.O=N[O-].[Pd+2]. The number of hydrogen-bond acceptors (Lipinski definition) is 5. The first kappa shape index (κ1) is 37.8. The van der Waals surface area contributed by atoms with Gasteiger partial charge in [-0.05, 0) is 0 Å². The van der Waals surface area contributed by atoms with Crippen LogP contribution in [-0.2, 0) is 20.4 Å². The van der Waals surface area contributed by atoms with Gasteiger partial charge in [0.1, 0.15) is 0 Å². The summed E-state index contributed by atoms with van der Waals surface area (Å²) in [6, 6.07) is 0. The maximum Gasteiger partial charge on any atom is 2.00 e. The van der Waals surface area contributed by atoms with Crippen molar-refractivity contribution in [3.8, 4) is 0 Å². The zero-order valence-electron chi connectivity index (χ0n) is 2.99. The van der Waals surface area contributed by atoms with E-state index < -0.39 is 0 Å². The summed E-state index contributed by atoms with van der Waals surface area (Å²) in [6.45, 7) is 0. The smallest absolute Gasteiger partial charge is 0.444 e. The zero-order chi connectivity index (χ0) is 2.71. The Balaban J connectivity index is -0.00000000667. The van der Waals surface area contributed by atoms with Crippen molar-refractivity contribution < 1.29 is 20.4 Å². The van der Waals surface area contributed by atoms with Gasteiger partial charge in [-0.2, -0.15) is 0 Å². The molecule has 0 amide bonds. The molecule has 0 saturated carbocycles. The van der Waals surface area contributed by atoms with Crippen LogP contribution in [0.4, 0.5) is 0 Å². The molecule has 0 aliphatic rings. The quantitative estimate of drug-likeness (QED) is 0.326. The third kappa shape index (κ3) is 114000. The van der Waals surface area contributed by atoms with Crippen molar-refractivity contribution in [1.82, 2.24) is 12.3 Å². The van der Waals surface area contributed by atoms with Crippen LogP contribution >= 0.6 is 0 Å². The van der Waals surface area contributed by atoms with Gasteiger partial charge in [-0.1, -0.05) is 0 Å². The van der Waals surface area contributed by atoms with Gasteiger partial charge in [-0.15, -0.1) is 5.34 Å². The minimum Gasteiger partial charge on any atom is -0.444 e. The van der Waals surface area contributed by atoms with Crippen LogP contribution in [0.15, 0.2) is 5.34 Å². The topological polar surface area (TPSA) is 122 Å². The maximum atomic E-state index is 8.00. The van der Waals surface area contributed by atoms with Crippen LogP contribution in [0, 0.1) is 10.1 Å². The second-order valence-corrected chi connectivity index (χ2v) is 0.0745. The minimum absolute atomic E-state index is 0. The standard InChI is InChI=1S/HNO2.2H3N.Pd/c2-1-3;;;/h(H,2,3);2*1H3;/q;;;+2/p-1. The number of hydrogen-bond donors (Lipinski definition) is 2. The van der Waals surface area contributed by atoms with Crippen LogP contribution in [0.1, 0.15) is 0 Å². The van der Waals surface area contributed by atoms with Crippen LogP contribution < -0.4 is 12.3 Å². The van der Waals surface area contributed by atoms with E-state index in [9.17, 15) is 0 Å². The monoisotopic (exact) mass is 186 g/mol. The minimum atomic E-state index is 0. The Kier molecular flexibility index (Phi) is 516. The van der Waals surface area contributed by atoms with E-state index in [-0.39, 0.29) is 32.7 Å². The molecule has 0 saturated heterocycles. The van der Waals surface area contributed by atoms with Gasteiger partial charge in [0.15, 0.2) is 0 Å². The average molecular weight is 186 g/mol. The molecule has 0 aliphatic heterocycles. The molecule has 5 nitrogen and oxygen atoms in total. The molecule has 0 fully saturated rings. The van der Waals surface area contributed by atoms with E-state index in [0.29, 0.717) is 0 Å². The molecule has 0 aromatic heterocycles. The molecule has 0 aromatic carbocycles. The summed E-state index contributed by atoms with van der Waals surface area (Å²) in [7, 11) is 0. The molecule has 0 aliphatic carbocycles.